The Morgan fingerprint density at radius 1 is 0.792 bits per heavy atom. The van der Waals surface area contributed by atoms with Crippen molar-refractivity contribution in [3.8, 4) is 0 Å². The normalized spacial score (nSPS) is 14.0. The van der Waals surface area contributed by atoms with Crippen molar-refractivity contribution in [1.82, 2.24) is 0 Å². The van der Waals surface area contributed by atoms with Crippen LogP contribution in [0.15, 0.2) is 30.3 Å². The maximum absolute atomic E-state index is 12.2. The summed E-state index contributed by atoms with van der Waals surface area (Å²) in [7, 11) is -7.17. The van der Waals surface area contributed by atoms with Gasteiger partial charge < -0.3 is 0 Å². The Bertz CT molecular complexity index is 643. The summed E-state index contributed by atoms with van der Waals surface area (Å²) in [6.45, 7) is 0. The van der Waals surface area contributed by atoms with E-state index in [1.54, 1.807) is 0 Å². The third-order valence-corrected chi connectivity index (χ3v) is 3.80. The average Bonchev–Trinajstić information content (AvgIpc) is 2.37. The van der Waals surface area contributed by atoms with E-state index in [9.17, 15) is 47.9 Å². The fourth-order valence-corrected chi connectivity index (χ4v) is 1.80. The Kier molecular flexibility index (Phi) is 7.00. The molecule has 140 valence electrons. The molecule has 0 aliphatic carbocycles. The fourth-order valence-electron chi connectivity index (χ4n) is 0.937. The molecule has 0 saturated heterocycles. The van der Waals surface area contributed by atoms with Crippen molar-refractivity contribution in [2.24, 2.45) is 0 Å². The van der Waals surface area contributed by atoms with Crippen LogP contribution < -0.4 is 0 Å². The summed E-state index contributed by atoms with van der Waals surface area (Å²) in [5.74, 6) is -14.7. The second kappa shape index (κ2) is 7.23. The van der Waals surface area contributed by atoms with Gasteiger partial charge in [-0.15, -0.1) is 0 Å². The lowest BCUT2D eigenvalue weighted by atomic mass is 10.1. The van der Waals surface area contributed by atoms with Gasteiger partial charge in [-0.3, -0.25) is 4.55 Å². The summed E-state index contributed by atoms with van der Waals surface area (Å²) >= 11 is 2.28. The minimum atomic E-state index is -7.37. The van der Waals surface area contributed by atoms with Gasteiger partial charge in [0.05, 0.1) is 0 Å². The lowest BCUT2D eigenvalue weighted by Crippen LogP contribution is -2.63. The van der Waals surface area contributed by atoms with E-state index >= 15 is 0 Å². The Balaban J connectivity index is 0.000000620. The lowest BCUT2D eigenvalue weighted by Gasteiger charge is -2.31. The minimum absolute atomic E-state index is 1.29. The van der Waals surface area contributed by atoms with Crippen molar-refractivity contribution in [2.75, 3.05) is 0 Å². The van der Waals surface area contributed by atoms with E-state index < -0.39 is 33.4 Å². The summed E-state index contributed by atoms with van der Waals surface area (Å²) in [4.78, 5) is 0. The number of halogens is 10. The maximum Gasteiger partial charge on any atom is 0.460 e. The maximum atomic E-state index is 12.2. The van der Waals surface area contributed by atoms with Crippen LogP contribution in [0.2, 0.25) is 0 Å². The number of hydrogen-bond donors (Lipinski definition) is 1. The Hall–Kier alpha value is -0.770. The van der Waals surface area contributed by atoms with Crippen LogP contribution in [0.1, 0.15) is 0 Å². The van der Waals surface area contributed by atoms with Gasteiger partial charge >= 0.3 is 33.4 Å². The van der Waals surface area contributed by atoms with Gasteiger partial charge in [0.1, 0.15) is 0 Å². The molecule has 1 aromatic rings. The van der Waals surface area contributed by atoms with E-state index in [2.05, 4.69) is 34.7 Å². The van der Waals surface area contributed by atoms with Crippen LogP contribution in [-0.2, 0) is 10.1 Å². The van der Waals surface area contributed by atoms with Gasteiger partial charge in [-0.1, -0.05) is 18.2 Å². The highest BCUT2D eigenvalue weighted by molar-refractivity contribution is 14.1. The largest absolute Gasteiger partial charge is 0.460 e. The first-order valence-corrected chi connectivity index (χ1v) is 7.79. The molecule has 0 aliphatic rings. The van der Waals surface area contributed by atoms with Crippen molar-refractivity contribution in [2.45, 2.75) is 23.3 Å². The smallest absolute Gasteiger partial charge is 0.281 e. The molecular formula is C10H6F9IO3S. The van der Waals surface area contributed by atoms with E-state index in [0.717, 1.165) is 0 Å². The molecule has 0 heterocycles. The summed E-state index contributed by atoms with van der Waals surface area (Å²) in [5, 5.41) is -7.00. The van der Waals surface area contributed by atoms with Crippen LogP contribution in [0.4, 0.5) is 39.5 Å². The predicted molar refractivity (Wildman–Crippen MR) is 71.6 cm³/mol. The highest BCUT2D eigenvalue weighted by atomic mass is 127. The molecule has 0 aromatic heterocycles. The van der Waals surface area contributed by atoms with Crippen molar-refractivity contribution >= 4 is 32.7 Å². The molecule has 0 fully saturated rings. The van der Waals surface area contributed by atoms with Gasteiger partial charge in [0.2, 0.25) is 0 Å². The first kappa shape index (κ1) is 23.2. The van der Waals surface area contributed by atoms with E-state index in [1.807, 2.05) is 18.2 Å². The minimum Gasteiger partial charge on any atom is -0.281 e. The van der Waals surface area contributed by atoms with Gasteiger partial charge in [0.15, 0.2) is 0 Å². The lowest BCUT2D eigenvalue weighted by molar-refractivity contribution is -0.382. The molecule has 3 nitrogen and oxygen atoms in total. The summed E-state index contributed by atoms with van der Waals surface area (Å²) < 4.78 is 135. The van der Waals surface area contributed by atoms with E-state index in [4.69, 9.17) is 4.55 Å². The van der Waals surface area contributed by atoms with Crippen molar-refractivity contribution in [3.63, 3.8) is 0 Å². The number of benzene rings is 1. The van der Waals surface area contributed by atoms with Gasteiger partial charge in [-0.25, -0.2) is 0 Å². The monoisotopic (exact) mass is 504 g/mol. The molecule has 1 N–H and O–H groups in total. The highest BCUT2D eigenvalue weighted by Crippen LogP contribution is 2.54. The molecule has 0 aliphatic heterocycles. The number of hydrogen-bond acceptors (Lipinski definition) is 2. The van der Waals surface area contributed by atoms with Crippen molar-refractivity contribution in [1.29, 1.82) is 0 Å². The van der Waals surface area contributed by atoms with Crippen LogP contribution in [-0.4, -0.2) is 36.2 Å². The quantitative estimate of drug-likeness (QED) is 0.373. The molecule has 14 heteroatoms. The Labute approximate surface area is 142 Å². The number of alkyl halides is 9. The average molecular weight is 504 g/mol. The number of rotatable bonds is 3. The molecule has 1 rings (SSSR count). The fraction of sp³-hybridized carbons (Fsp3) is 0.400. The van der Waals surface area contributed by atoms with E-state index in [1.165, 1.54) is 3.57 Å². The zero-order chi connectivity index (χ0) is 19.6. The summed E-state index contributed by atoms with van der Waals surface area (Å²) in [6.07, 6.45) is -7.13. The van der Waals surface area contributed by atoms with Gasteiger partial charge in [0, 0.05) is 3.57 Å². The molecule has 0 atom stereocenters. The van der Waals surface area contributed by atoms with Crippen LogP contribution >= 0.6 is 22.6 Å². The molecule has 0 unspecified atom stereocenters. The highest BCUT2D eigenvalue weighted by Gasteiger charge is 2.85. The van der Waals surface area contributed by atoms with Crippen LogP contribution in [0.25, 0.3) is 0 Å². The van der Waals surface area contributed by atoms with E-state index in [-0.39, 0.29) is 0 Å². The Morgan fingerprint density at radius 3 is 1.38 bits per heavy atom. The summed E-state index contributed by atoms with van der Waals surface area (Å²) in [5.41, 5.74) is 0. The molecule has 0 saturated carbocycles. The zero-order valence-electron chi connectivity index (χ0n) is 10.8. The van der Waals surface area contributed by atoms with Crippen LogP contribution in [0.3, 0.4) is 0 Å². The molecule has 0 spiro atoms. The Morgan fingerprint density at radius 2 is 1.17 bits per heavy atom. The second-order valence-electron chi connectivity index (χ2n) is 3.93. The summed E-state index contributed by atoms with van der Waals surface area (Å²) in [6, 6.07) is 10.2. The standard InChI is InChI=1S/C6H5I.C4HF9O3S/c7-6-4-2-1-3-5-6;5-1(6,3(9,10)11)2(7,8)4(12,13)17(14,15)16/h1-5H;(H,14,15,16). The zero-order valence-corrected chi connectivity index (χ0v) is 13.8. The van der Waals surface area contributed by atoms with Crippen molar-refractivity contribution in [3.05, 3.63) is 33.9 Å². The third kappa shape index (κ3) is 4.65. The predicted octanol–water partition coefficient (Wildman–Crippen LogP) is 4.59. The first-order chi connectivity index (χ1) is 10.4. The molecule has 1 aromatic carbocycles. The van der Waals surface area contributed by atoms with Crippen LogP contribution in [0, 0.1) is 3.57 Å². The topological polar surface area (TPSA) is 54.4 Å². The van der Waals surface area contributed by atoms with Gasteiger partial charge in [0.25, 0.3) is 0 Å². The molecule has 0 bridgehead atoms. The van der Waals surface area contributed by atoms with Crippen LogP contribution in [0.5, 0.6) is 0 Å². The molecule has 0 amide bonds. The molecule has 0 radical (unpaired) electrons. The first-order valence-electron chi connectivity index (χ1n) is 5.27. The van der Waals surface area contributed by atoms with E-state index in [0.29, 0.717) is 0 Å². The molecule has 24 heavy (non-hydrogen) atoms. The van der Waals surface area contributed by atoms with Crippen molar-refractivity contribution < 1.29 is 52.5 Å². The second-order valence-corrected chi connectivity index (χ2v) is 6.64. The third-order valence-electron chi connectivity index (χ3n) is 2.17. The van der Waals surface area contributed by atoms with Gasteiger partial charge in [-0.05, 0) is 34.7 Å². The molecular weight excluding hydrogens is 498 g/mol. The van der Waals surface area contributed by atoms with Gasteiger partial charge in [-0.2, -0.15) is 47.9 Å². The SMILES string of the molecule is Ic1ccccc1.O=S(=O)(O)C(F)(F)C(F)(F)C(F)(F)C(F)(F)F.